The molecule has 1 saturated heterocycles. The molecule has 0 unspecified atom stereocenters. The van der Waals surface area contributed by atoms with Gasteiger partial charge in [-0.2, -0.15) is 0 Å². The number of thioether (sulfide) groups is 1. The van der Waals surface area contributed by atoms with Crippen LogP contribution >= 0.6 is 47.8 Å². The van der Waals surface area contributed by atoms with Gasteiger partial charge >= 0.3 is 5.97 Å². The Balaban J connectivity index is 2.17. The zero-order chi connectivity index (χ0) is 14.7. The molecule has 0 aliphatic carbocycles. The van der Waals surface area contributed by atoms with Crippen LogP contribution in [0.2, 0.25) is 5.02 Å². The number of rotatable bonds is 4. The molecular weight excluding hydrogens is 334 g/mol. The van der Waals surface area contributed by atoms with E-state index < -0.39 is 5.97 Å². The number of carbonyl (C=O) groups is 1. The summed E-state index contributed by atoms with van der Waals surface area (Å²) in [7, 11) is 0. The Morgan fingerprint density at radius 1 is 1.45 bits per heavy atom. The summed E-state index contributed by atoms with van der Waals surface area (Å²) in [5.41, 5.74) is 0.935. The summed E-state index contributed by atoms with van der Waals surface area (Å²) in [6, 6.07) is 7.41. The van der Waals surface area contributed by atoms with Crippen molar-refractivity contribution in [3.63, 3.8) is 0 Å². The van der Waals surface area contributed by atoms with Crippen molar-refractivity contribution in [2.24, 2.45) is 0 Å². The molecule has 0 spiro atoms. The van der Waals surface area contributed by atoms with E-state index in [2.05, 4.69) is 0 Å². The second-order valence-electron chi connectivity index (χ2n) is 4.03. The van der Waals surface area contributed by atoms with Crippen LogP contribution in [-0.2, 0) is 4.79 Å². The number of hydrogen-bond acceptors (Lipinski definition) is 4. The minimum absolute atomic E-state index is 0.00524. The molecule has 0 atom stereocenters. The number of thiocarbonyl (C=S) groups is 2. The summed E-state index contributed by atoms with van der Waals surface area (Å²) in [5, 5.41) is 9.38. The fourth-order valence-corrected chi connectivity index (χ4v) is 3.65. The maximum absolute atomic E-state index is 10.6. The van der Waals surface area contributed by atoms with Crippen LogP contribution in [0.5, 0.6) is 0 Å². The number of benzene rings is 1. The molecule has 1 aromatic carbocycles. The fraction of sp³-hybridized carbons (Fsp3) is 0.154. The number of carboxylic acids is 1. The molecular formula is C13H10ClNO2S3. The maximum Gasteiger partial charge on any atom is 0.305 e. The van der Waals surface area contributed by atoms with E-state index >= 15 is 0 Å². The first-order valence-electron chi connectivity index (χ1n) is 5.70. The van der Waals surface area contributed by atoms with E-state index in [0.717, 1.165) is 10.5 Å². The summed E-state index contributed by atoms with van der Waals surface area (Å²) in [5.74, 6) is -0.868. The SMILES string of the molecule is O=C(O)CCN1C(=S)S/C(=C\c2cccc(Cl)c2)C1=S. The molecule has 2 rings (SSSR count). The monoisotopic (exact) mass is 343 g/mol. The highest BCUT2D eigenvalue weighted by Gasteiger charge is 2.28. The first kappa shape index (κ1) is 15.4. The van der Waals surface area contributed by atoms with Gasteiger partial charge in [0.05, 0.1) is 11.3 Å². The van der Waals surface area contributed by atoms with E-state index in [-0.39, 0.29) is 6.42 Å². The Bertz CT molecular complexity index is 615. The molecule has 0 amide bonds. The van der Waals surface area contributed by atoms with Crippen LogP contribution in [0.3, 0.4) is 0 Å². The largest absolute Gasteiger partial charge is 0.481 e. The smallest absolute Gasteiger partial charge is 0.305 e. The van der Waals surface area contributed by atoms with Crippen LogP contribution in [-0.4, -0.2) is 31.8 Å². The number of nitrogens with zero attached hydrogens (tertiary/aromatic N) is 1. The number of aliphatic carboxylic acids is 1. The standard InChI is InChI=1S/C13H10ClNO2S3/c14-9-3-1-2-8(6-9)7-10-12(18)15(13(19)20-10)5-4-11(16)17/h1-3,6-7H,4-5H2,(H,16,17)/b10-7-. The third kappa shape index (κ3) is 3.79. The molecule has 104 valence electrons. The highest BCUT2D eigenvalue weighted by molar-refractivity contribution is 8.27. The highest BCUT2D eigenvalue weighted by Crippen LogP contribution is 2.33. The van der Waals surface area contributed by atoms with Crippen molar-refractivity contribution < 1.29 is 9.90 Å². The maximum atomic E-state index is 10.6. The van der Waals surface area contributed by atoms with Crippen molar-refractivity contribution in [3.8, 4) is 0 Å². The molecule has 1 aromatic rings. The lowest BCUT2D eigenvalue weighted by molar-refractivity contribution is -0.137. The first-order chi connectivity index (χ1) is 9.47. The third-order valence-electron chi connectivity index (χ3n) is 2.57. The van der Waals surface area contributed by atoms with Gasteiger partial charge in [0.15, 0.2) is 0 Å². The van der Waals surface area contributed by atoms with Gasteiger partial charge in [-0.05, 0) is 23.8 Å². The van der Waals surface area contributed by atoms with Gasteiger partial charge in [0.25, 0.3) is 0 Å². The molecule has 0 saturated carbocycles. The molecule has 1 heterocycles. The number of halogens is 1. The minimum Gasteiger partial charge on any atom is -0.481 e. The normalized spacial score (nSPS) is 17.1. The average molecular weight is 344 g/mol. The van der Waals surface area contributed by atoms with Gasteiger partial charge in [-0.15, -0.1) is 0 Å². The topological polar surface area (TPSA) is 40.5 Å². The van der Waals surface area contributed by atoms with E-state index in [9.17, 15) is 4.79 Å². The zero-order valence-electron chi connectivity index (χ0n) is 10.2. The molecule has 0 bridgehead atoms. The Hall–Kier alpha value is -0.950. The van der Waals surface area contributed by atoms with Crippen molar-refractivity contribution >= 4 is 69.2 Å². The molecule has 0 radical (unpaired) electrons. The molecule has 1 aliphatic heterocycles. The number of carboxylic acid groups (broad SMARTS) is 1. The Morgan fingerprint density at radius 3 is 2.85 bits per heavy atom. The predicted octanol–water partition coefficient (Wildman–Crippen LogP) is 3.82. The fourth-order valence-electron chi connectivity index (χ4n) is 1.65. The van der Waals surface area contributed by atoms with E-state index in [4.69, 9.17) is 41.1 Å². The van der Waals surface area contributed by atoms with Crippen LogP contribution in [0, 0.1) is 0 Å². The molecule has 3 nitrogen and oxygen atoms in total. The third-order valence-corrected chi connectivity index (χ3v) is 4.77. The van der Waals surface area contributed by atoms with Crippen molar-refractivity contribution in [2.45, 2.75) is 6.42 Å². The molecule has 1 aliphatic rings. The summed E-state index contributed by atoms with van der Waals surface area (Å²) >= 11 is 17.9. The first-order valence-corrected chi connectivity index (χ1v) is 7.71. The summed E-state index contributed by atoms with van der Waals surface area (Å²) < 4.78 is 0.588. The molecule has 0 aromatic heterocycles. The lowest BCUT2D eigenvalue weighted by Gasteiger charge is -2.14. The average Bonchev–Trinajstić information content (AvgIpc) is 2.62. The van der Waals surface area contributed by atoms with Crippen LogP contribution in [0.25, 0.3) is 6.08 Å². The van der Waals surface area contributed by atoms with Crippen molar-refractivity contribution in [2.75, 3.05) is 6.54 Å². The summed E-state index contributed by atoms with van der Waals surface area (Å²) in [4.78, 5) is 13.7. The van der Waals surface area contributed by atoms with Gasteiger partial charge in [-0.25, -0.2) is 0 Å². The lowest BCUT2D eigenvalue weighted by Crippen LogP contribution is -2.29. The van der Waals surface area contributed by atoms with Gasteiger partial charge in [-0.1, -0.05) is 59.9 Å². The predicted molar refractivity (Wildman–Crippen MR) is 91.2 cm³/mol. The Kier molecular flexibility index (Phi) is 5.15. The van der Waals surface area contributed by atoms with Crippen molar-refractivity contribution in [1.82, 2.24) is 4.90 Å². The summed E-state index contributed by atoms with van der Waals surface area (Å²) in [6.45, 7) is 0.298. The molecule has 1 N–H and O–H groups in total. The molecule has 1 fully saturated rings. The van der Waals surface area contributed by atoms with E-state index in [0.29, 0.717) is 20.9 Å². The minimum atomic E-state index is -0.868. The van der Waals surface area contributed by atoms with Crippen LogP contribution in [0.15, 0.2) is 29.2 Å². The molecule has 20 heavy (non-hydrogen) atoms. The second-order valence-corrected chi connectivity index (χ2v) is 6.53. The van der Waals surface area contributed by atoms with Gasteiger partial charge in [0, 0.05) is 11.6 Å². The lowest BCUT2D eigenvalue weighted by atomic mass is 10.2. The quantitative estimate of drug-likeness (QED) is 0.662. The number of hydrogen-bond donors (Lipinski definition) is 1. The van der Waals surface area contributed by atoms with Gasteiger partial charge < -0.3 is 10.0 Å². The second kappa shape index (κ2) is 6.67. The van der Waals surface area contributed by atoms with Crippen molar-refractivity contribution in [1.29, 1.82) is 0 Å². The van der Waals surface area contributed by atoms with Gasteiger partial charge in [-0.3, -0.25) is 4.79 Å². The van der Waals surface area contributed by atoms with Crippen LogP contribution in [0.1, 0.15) is 12.0 Å². The zero-order valence-corrected chi connectivity index (χ0v) is 13.4. The Labute approximate surface area is 136 Å². The van der Waals surface area contributed by atoms with E-state index in [1.807, 2.05) is 24.3 Å². The summed E-state index contributed by atoms with van der Waals surface area (Å²) in [6.07, 6.45) is 1.91. The van der Waals surface area contributed by atoms with Crippen LogP contribution in [0.4, 0.5) is 0 Å². The van der Waals surface area contributed by atoms with Crippen molar-refractivity contribution in [3.05, 3.63) is 39.8 Å². The van der Waals surface area contributed by atoms with Gasteiger partial charge in [0.2, 0.25) is 0 Å². The molecule has 7 heteroatoms. The van der Waals surface area contributed by atoms with E-state index in [1.54, 1.807) is 11.0 Å². The highest BCUT2D eigenvalue weighted by atomic mass is 35.5. The van der Waals surface area contributed by atoms with E-state index in [1.165, 1.54) is 11.8 Å². The van der Waals surface area contributed by atoms with Crippen LogP contribution < -0.4 is 0 Å². The van der Waals surface area contributed by atoms with Gasteiger partial charge in [0.1, 0.15) is 9.31 Å². The Morgan fingerprint density at radius 2 is 2.20 bits per heavy atom.